The number of fused-ring (bicyclic) bond motifs is 1. The Morgan fingerprint density at radius 2 is 1.74 bits per heavy atom. The van der Waals surface area contributed by atoms with E-state index >= 15 is 0 Å². The van der Waals surface area contributed by atoms with Crippen LogP contribution in [0.5, 0.6) is 11.5 Å². The highest BCUT2D eigenvalue weighted by atomic mass is 16.6. The van der Waals surface area contributed by atoms with Gasteiger partial charge in [-0.1, -0.05) is 30.3 Å². The second kappa shape index (κ2) is 7.05. The fourth-order valence-electron chi connectivity index (χ4n) is 2.43. The van der Waals surface area contributed by atoms with Crippen LogP contribution in [0.2, 0.25) is 0 Å². The molecule has 0 saturated carbocycles. The van der Waals surface area contributed by atoms with E-state index in [2.05, 4.69) is 10.6 Å². The van der Waals surface area contributed by atoms with Crippen LogP contribution in [0.1, 0.15) is 16.7 Å². The molecule has 0 atom stereocenters. The molecule has 0 spiro atoms. The number of rotatable bonds is 4. The van der Waals surface area contributed by atoms with Gasteiger partial charge in [-0.25, -0.2) is 4.79 Å². The predicted molar refractivity (Wildman–Crippen MR) is 87.7 cm³/mol. The molecular weight excluding hydrogens is 292 g/mol. The highest BCUT2D eigenvalue weighted by Gasteiger charge is 2.12. The van der Waals surface area contributed by atoms with Crippen LogP contribution in [0, 0.1) is 6.92 Å². The van der Waals surface area contributed by atoms with E-state index in [9.17, 15) is 4.79 Å². The first-order chi connectivity index (χ1) is 11.2. The second-order valence-corrected chi connectivity index (χ2v) is 5.44. The lowest BCUT2D eigenvalue weighted by Gasteiger charge is -2.19. The minimum Gasteiger partial charge on any atom is -0.486 e. The number of nitrogens with one attached hydrogen (secondary N) is 2. The lowest BCUT2D eigenvalue weighted by molar-refractivity contribution is 0.171. The molecule has 5 nitrogen and oxygen atoms in total. The average Bonchev–Trinajstić information content (AvgIpc) is 2.59. The Morgan fingerprint density at radius 1 is 1.00 bits per heavy atom. The minimum absolute atomic E-state index is 0.192. The fourth-order valence-corrected chi connectivity index (χ4v) is 2.43. The number of urea groups is 1. The molecule has 0 bridgehead atoms. The molecule has 1 aliphatic heterocycles. The van der Waals surface area contributed by atoms with Gasteiger partial charge >= 0.3 is 6.03 Å². The van der Waals surface area contributed by atoms with Crippen molar-refractivity contribution < 1.29 is 14.3 Å². The predicted octanol–water partition coefficient (Wildman–Crippen LogP) is 2.77. The molecule has 2 amide bonds. The SMILES string of the molecule is Cc1ccccc1CNC(=O)NCc1ccc2c(c1)OCCO2. The average molecular weight is 312 g/mol. The molecule has 0 unspecified atom stereocenters. The zero-order valence-electron chi connectivity index (χ0n) is 13.1. The maximum absolute atomic E-state index is 11.9. The molecular formula is C18H20N2O3. The van der Waals surface area contributed by atoms with E-state index in [-0.39, 0.29) is 6.03 Å². The van der Waals surface area contributed by atoms with Gasteiger partial charge in [0.05, 0.1) is 0 Å². The van der Waals surface area contributed by atoms with Gasteiger partial charge in [0.2, 0.25) is 0 Å². The summed E-state index contributed by atoms with van der Waals surface area (Å²) in [6.07, 6.45) is 0. The molecule has 3 rings (SSSR count). The van der Waals surface area contributed by atoms with Crippen molar-refractivity contribution in [1.29, 1.82) is 0 Å². The number of benzene rings is 2. The third-order valence-electron chi connectivity index (χ3n) is 3.76. The molecule has 2 aromatic rings. The van der Waals surface area contributed by atoms with Gasteiger partial charge in [0.25, 0.3) is 0 Å². The Bertz CT molecular complexity index is 700. The van der Waals surface area contributed by atoms with Crippen molar-refractivity contribution >= 4 is 6.03 Å². The highest BCUT2D eigenvalue weighted by Crippen LogP contribution is 2.30. The Balaban J connectivity index is 1.50. The summed E-state index contributed by atoms with van der Waals surface area (Å²) in [6, 6.07) is 13.5. The van der Waals surface area contributed by atoms with Crippen molar-refractivity contribution in [3.05, 3.63) is 59.2 Å². The van der Waals surface area contributed by atoms with Crippen LogP contribution in [0.25, 0.3) is 0 Å². The fraction of sp³-hybridized carbons (Fsp3) is 0.278. The smallest absolute Gasteiger partial charge is 0.315 e. The van der Waals surface area contributed by atoms with E-state index in [0.717, 1.165) is 22.6 Å². The molecule has 0 radical (unpaired) electrons. The molecule has 0 aromatic heterocycles. The summed E-state index contributed by atoms with van der Waals surface area (Å²) in [6.45, 7) is 4.12. The summed E-state index contributed by atoms with van der Waals surface area (Å²) < 4.78 is 11.0. The lowest BCUT2D eigenvalue weighted by atomic mass is 10.1. The van der Waals surface area contributed by atoms with Crippen LogP contribution in [0.4, 0.5) is 4.79 Å². The molecule has 1 aliphatic rings. The molecule has 0 fully saturated rings. The van der Waals surface area contributed by atoms with Crippen molar-refractivity contribution in [3.63, 3.8) is 0 Å². The lowest BCUT2D eigenvalue weighted by Crippen LogP contribution is -2.34. The van der Waals surface area contributed by atoms with E-state index < -0.39 is 0 Å². The van der Waals surface area contributed by atoms with Crippen LogP contribution in [-0.2, 0) is 13.1 Å². The third kappa shape index (κ3) is 3.94. The van der Waals surface area contributed by atoms with E-state index in [4.69, 9.17) is 9.47 Å². The first-order valence-electron chi connectivity index (χ1n) is 7.67. The van der Waals surface area contributed by atoms with Crippen LogP contribution < -0.4 is 20.1 Å². The van der Waals surface area contributed by atoms with Crippen molar-refractivity contribution in [2.75, 3.05) is 13.2 Å². The molecule has 0 aliphatic carbocycles. The summed E-state index contributed by atoms with van der Waals surface area (Å²) in [5, 5.41) is 5.72. The van der Waals surface area contributed by atoms with Crippen LogP contribution in [0.15, 0.2) is 42.5 Å². The molecule has 120 valence electrons. The number of carbonyl (C=O) groups excluding carboxylic acids is 1. The summed E-state index contributed by atoms with van der Waals surface area (Å²) in [7, 11) is 0. The number of carbonyl (C=O) groups is 1. The maximum Gasteiger partial charge on any atom is 0.315 e. The highest BCUT2D eigenvalue weighted by molar-refractivity contribution is 5.73. The van der Waals surface area contributed by atoms with Crippen LogP contribution in [-0.4, -0.2) is 19.2 Å². The topological polar surface area (TPSA) is 59.6 Å². The van der Waals surface area contributed by atoms with Gasteiger partial charge in [-0.2, -0.15) is 0 Å². The standard InChI is InChI=1S/C18H20N2O3/c1-13-4-2-3-5-15(13)12-20-18(21)19-11-14-6-7-16-17(10-14)23-9-8-22-16/h2-7,10H,8-9,11-12H2,1H3,(H2,19,20,21). The number of amides is 2. The van der Waals surface area contributed by atoms with Gasteiger partial charge in [-0.05, 0) is 35.7 Å². The van der Waals surface area contributed by atoms with Gasteiger partial charge in [0.1, 0.15) is 13.2 Å². The van der Waals surface area contributed by atoms with Crippen LogP contribution in [0.3, 0.4) is 0 Å². The van der Waals surface area contributed by atoms with Gasteiger partial charge < -0.3 is 20.1 Å². The number of hydrogen-bond acceptors (Lipinski definition) is 3. The zero-order chi connectivity index (χ0) is 16.1. The van der Waals surface area contributed by atoms with Crippen molar-refractivity contribution in [3.8, 4) is 11.5 Å². The monoisotopic (exact) mass is 312 g/mol. The maximum atomic E-state index is 11.9. The normalized spacial score (nSPS) is 12.6. The molecule has 1 heterocycles. The number of hydrogen-bond donors (Lipinski definition) is 2. The van der Waals surface area contributed by atoms with E-state index in [0.29, 0.717) is 26.3 Å². The van der Waals surface area contributed by atoms with Crippen LogP contribution >= 0.6 is 0 Å². The molecule has 5 heteroatoms. The minimum atomic E-state index is -0.192. The van der Waals surface area contributed by atoms with Gasteiger partial charge in [-0.3, -0.25) is 0 Å². The Kier molecular flexibility index (Phi) is 4.66. The van der Waals surface area contributed by atoms with Crippen molar-refractivity contribution in [1.82, 2.24) is 10.6 Å². The third-order valence-corrected chi connectivity index (χ3v) is 3.76. The van der Waals surface area contributed by atoms with E-state index in [1.807, 2.05) is 49.4 Å². The summed E-state index contributed by atoms with van der Waals surface area (Å²) >= 11 is 0. The number of ether oxygens (including phenoxy) is 2. The van der Waals surface area contributed by atoms with Crippen molar-refractivity contribution in [2.45, 2.75) is 20.0 Å². The van der Waals surface area contributed by atoms with Gasteiger partial charge in [0, 0.05) is 13.1 Å². The van der Waals surface area contributed by atoms with E-state index in [1.54, 1.807) is 0 Å². The number of aryl methyl sites for hydroxylation is 1. The van der Waals surface area contributed by atoms with E-state index in [1.165, 1.54) is 5.56 Å². The Labute approximate surface area is 135 Å². The zero-order valence-corrected chi connectivity index (χ0v) is 13.1. The summed E-state index contributed by atoms with van der Waals surface area (Å²) in [5.74, 6) is 1.49. The molecule has 2 aromatic carbocycles. The van der Waals surface area contributed by atoms with Gasteiger partial charge in [-0.15, -0.1) is 0 Å². The Morgan fingerprint density at radius 3 is 2.57 bits per heavy atom. The first-order valence-corrected chi connectivity index (χ1v) is 7.67. The molecule has 2 N–H and O–H groups in total. The summed E-state index contributed by atoms with van der Waals surface area (Å²) in [4.78, 5) is 11.9. The van der Waals surface area contributed by atoms with Gasteiger partial charge in [0.15, 0.2) is 11.5 Å². The van der Waals surface area contributed by atoms with Crippen molar-refractivity contribution in [2.24, 2.45) is 0 Å². The Hall–Kier alpha value is -2.69. The summed E-state index contributed by atoms with van der Waals surface area (Å²) in [5.41, 5.74) is 3.25. The second-order valence-electron chi connectivity index (χ2n) is 5.44. The molecule has 23 heavy (non-hydrogen) atoms. The first kappa shape index (κ1) is 15.2. The largest absolute Gasteiger partial charge is 0.486 e. The molecule has 0 saturated heterocycles. The quantitative estimate of drug-likeness (QED) is 0.912.